The van der Waals surface area contributed by atoms with Crippen molar-refractivity contribution < 1.29 is 14.2 Å². The molecule has 4 aromatic rings. The van der Waals surface area contributed by atoms with E-state index in [1.54, 1.807) is 32.2 Å². The Bertz CT molecular complexity index is 1050. The molecule has 2 aromatic heterocycles. The first-order valence-corrected chi connectivity index (χ1v) is 7.65. The number of hydrogen-bond donors (Lipinski definition) is 0. The minimum atomic E-state index is 0.532. The fourth-order valence-electron chi connectivity index (χ4n) is 2.81. The van der Waals surface area contributed by atoms with Gasteiger partial charge in [-0.2, -0.15) is 0 Å². The second-order valence-corrected chi connectivity index (χ2v) is 5.38. The standard InChI is InChI=1S/C18H16N4O3/c1-23-14-8-11(9-15(24-2)16(14)25-3)17-20-18-12-6-4-5-7-13(12)19-10-22(18)21-17/h4-10H,1-3H3. The van der Waals surface area contributed by atoms with Crippen molar-refractivity contribution in [1.29, 1.82) is 0 Å². The lowest BCUT2D eigenvalue weighted by Gasteiger charge is -2.12. The molecular formula is C18H16N4O3. The van der Waals surface area contributed by atoms with Crippen LogP contribution in [0.3, 0.4) is 0 Å². The van der Waals surface area contributed by atoms with Gasteiger partial charge in [0.05, 0.1) is 26.8 Å². The molecule has 0 unspecified atom stereocenters. The average molecular weight is 336 g/mol. The first-order valence-electron chi connectivity index (χ1n) is 7.65. The monoisotopic (exact) mass is 336 g/mol. The van der Waals surface area contributed by atoms with Gasteiger partial charge >= 0.3 is 0 Å². The van der Waals surface area contributed by atoms with E-state index in [4.69, 9.17) is 14.2 Å². The van der Waals surface area contributed by atoms with Crippen LogP contribution in [-0.2, 0) is 0 Å². The fraction of sp³-hybridized carbons (Fsp3) is 0.167. The van der Waals surface area contributed by atoms with Crippen molar-refractivity contribution >= 4 is 16.6 Å². The first-order chi connectivity index (χ1) is 12.2. The van der Waals surface area contributed by atoms with E-state index in [-0.39, 0.29) is 0 Å². The lowest BCUT2D eigenvalue weighted by molar-refractivity contribution is 0.324. The number of methoxy groups -OCH3 is 3. The molecule has 0 fully saturated rings. The van der Waals surface area contributed by atoms with Gasteiger partial charge in [-0.15, -0.1) is 5.10 Å². The highest BCUT2D eigenvalue weighted by Crippen LogP contribution is 2.40. The predicted octanol–water partition coefficient (Wildman–Crippen LogP) is 2.97. The summed E-state index contributed by atoms with van der Waals surface area (Å²) in [6, 6.07) is 11.5. The number of ether oxygens (including phenoxy) is 3. The summed E-state index contributed by atoms with van der Waals surface area (Å²) in [7, 11) is 4.73. The summed E-state index contributed by atoms with van der Waals surface area (Å²) < 4.78 is 17.8. The zero-order chi connectivity index (χ0) is 17.4. The summed E-state index contributed by atoms with van der Waals surface area (Å²) in [5, 5.41) is 5.47. The molecule has 25 heavy (non-hydrogen) atoms. The summed E-state index contributed by atoms with van der Waals surface area (Å²) in [5.74, 6) is 2.19. The van der Waals surface area contributed by atoms with Crippen molar-refractivity contribution in [2.24, 2.45) is 0 Å². The molecule has 0 aliphatic heterocycles. The van der Waals surface area contributed by atoms with Crippen LogP contribution in [0.4, 0.5) is 0 Å². The highest BCUT2D eigenvalue weighted by atomic mass is 16.5. The second kappa shape index (κ2) is 5.94. The van der Waals surface area contributed by atoms with E-state index < -0.39 is 0 Å². The maximum absolute atomic E-state index is 5.41. The van der Waals surface area contributed by atoms with Crippen molar-refractivity contribution in [2.75, 3.05) is 21.3 Å². The molecule has 7 nitrogen and oxygen atoms in total. The number of fused-ring (bicyclic) bond motifs is 3. The van der Waals surface area contributed by atoms with Crippen molar-refractivity contribution in [3.8, 4) is 28.6 Å². The van der Waals surface area contributed by atoms with Crippen molar-refractivity contribution in [2.45, 2.75) is 0 Å². The van der Waals surface area contributed by atoms with Gasteiger partial charge in [-0.25, -0.2) is 14.5 Å². The minimum absolute atomic E-state index is 0.532. The molecule has 7 heteroatoms. The third kappa shape index (κ3) is 2.40. The molecule has 4 rings (SSSR count). The van der Waals surface area contributed by atoms with Gasteiger partial charge in [0.15, 0.2) is 23.0 Å². The van der Waals surface area contributed by atoms with Gasteiger partial charge in [-0.1, -0.05) is 12.1 Å². The Morgan fingerprint density at radius 3 is 2.32 bits per heavy atom. The van der Waals surface area contributed by atoms with E-state index in [1.807, 2.05) is 36.4 Å². The number of hydrogen-bond acceptors (Lipinski definition) is 6. The fourth-order valence-corrected chi connectivity index (χ4v) is 2.81. The third-order valence-electron chi connectivity index (χ3n) is 4.01. The van der Waals surface area contributed by atoms with Gasteiger partial charge in [-0.05, 0) is 24.3 Å². The maximum Gasteiger partial charge on any atom is 0.203 e. The number of nitrogens with zero attached hydrogens (tertiary/aromatic N) is 4. The van der Waals surface area contributed by atoms with Crippen LogP contribution in [0.25, 0.3) is 27.9 Å². The summed E-state index contributed by atoms with van der Waals surface area (Å²) in [6.45, 7) is 0. The molecule has 0 amide bonds. The molecule has 0 N–H and O–H groups in total. The van der Waals surface area contributed by atoms with E-state index in [9.17, 15) is 0 Å². The van der Waals surface area contributed by atoms with Crippen molar-refractivity contribution in [1.82, 2.24) is 19.6 Å². The molecule has 0 atom stereocenters. The average Bonchev–Trinajstić information content (AvgIpc) is 3.11. The highest BCUT2D eigenvalue weighted by Gasteiger charge is 2.17. The molecule has 0 radical (unpaired) electrons. The van der Waals surface area contributed by atoms with Crippen LogP contribution in [0.2, 0.25) is 0 Å². The smallest absolute Gasteiger partial charge is 0.203 e. The quantitative estimate of drug-likeness (QED) is 0.570. The Labute approximate surface area is 143 Å². The molecular weight excluding hydrogens is 320 g/mol. The Kier molecular flexibility index (Phi) is 3.61. The molecule has 0 saturated heterocycles. The van der Waals surface area contributed by atoms with Gasteiger partial charge in [0.1, 0.15) is 6.33 Å². The van der Waals surface area contributed by atoms with Crippen LogP contribution in [0, 0.1) is 0 Å². The number of rotatable bonds is 4. The minimum Gasteiger partial charge on any atom is -0.493 e. The molecule has 0 spiro atoms. The Morgan fingerprint density at radius 1 is 0.920 bits per heavy atom. The van der Waals surface area contributed by atoms with Crippen LogP contribution in [0.5, 0.6) is 17.2 Å². The van der Waals surface area contributed by atoms with Gasteiger partial charge in [0.2, 0.25) is 5.75 Å². The largest absolute Gasteiger partial charge is 0.493 e. The van der Waals surface area contributed by atoms with E-state index in [1.165, 1.54) is 0 Å². The van der Waals surface area contributed by atoms with E-state index in [0.717, 1.165) is 22.1 Å². The predicted molar refractivity (Wildman–Crippen MR) is 93.4 cm³/mol. The lowest BCUT2D eigenvalue weighted by atomic mass is 10.1. The summed E-state index contributed by atoms with van der Waals surface area (Å²) >= 11 is 0. The van der Waals surface area contributed by atoms with Gasteiger partial charge in [0.25, 0.3) is 0 Å². The number of aromatic nitrogens is 4. The Hall–Kier alpha value is -3.35. The van der Waals surface area contributed by atoms with Crippen LogP contribution in [0.1, 0.15) is 0 Å². The molecule has 0 bridgehead atoms. The van der Waals surface area contributed by atoms with Crippen LogP contribution in [-0.4, -0.2) is 40.9 Å². The molecule has 126 valence electrons. The van der Waals surface area contributed by atoms with Crippen LogP contribution < -0.4 is 14.2 Å². The van der Waals surface area contributed by atoms with Gasteiger partial charge < -0.3 is 14.2 Å². The Balaban J connectivity index is 1.94. The second-order valence-electron chi connectivity index (χ2n) is 5.38. The molecule has 0 aliphatic rings. The van der Waals surface area contributed by atoms with E-state index in [0.29, 0.717) is 23.1 Å². The Morgan fingerprint density at radius 2 is 1.64 bits per heavy atom. The SMILES string of the molecule is COc1cc(-c2nc3c4ccccc4ncn3n2)cc(OC)c1OC. The highest BCUT2D eigenvalue weighted by molar-refractivity contribution is 5.91. The topological polar surface area (TPSA) is 70.8 Å². The van der Waals surface area contributed by atoms with Crippen LogP contribution in [0.15, 0.2) is 42.7 Å². The van der Waals surface area contributed by atoms with Crippen LogP contribution >= 0.6 is 0 Å². The van der Waals surface area contributed by atoms with Gasteiger partial charge in [-0.3, -0.25) is 0 Å². The van der Waals surface area contributed by atoms with Crippen molar-refractivity contribution in [3.63, 3.8) is 0 Å². The van der Waals surface area contributed by atoms with Gasteiger partial charge in [0, 0.05) is 10.9 Å². The molecule has 0 saturated carbocycles. The number of benzene rings is 2. The first kappa shape index (κ1) is 15.2. The molecule has 2 aromatic carbocycles. The maximum atomic E-state index is 5.41. The summed E-state index contributed by atoms with van der Waals surface area (Å²) in [5.41, 5.74) is 2.38. The number of para-hydroxylation sites is 1. The van der Waals surface area contributed by atoms with E-state index in [2.05, 4.69) is 15.1 Å². The third-order valence-corrected chi connectivity index (χ3v) is 4.01. The normalized spacial score (nSPS) is 11.0. The lowest BCUT2D eigenvalue weighted by Crippen LogP contribution is -1.96. The van der Waals surface area contributed by atoms with E-state index >= 15 is 0 Å². The molecule has 0 aliphatic carbocycles. The van der Waals surface area contributed by atoms with Crippen molar-refractivity contribution in [3.05, 3.63) is 42.7 Å². The molecule has 2 heterocycles. The summed E-state index contributed by atoms with van der Waals surface area (Å²) in [6.07, 6.45) is 1.66. The zero-order valence-corrected chi connectivity index (χ0v) is 14.1. The summed E-state index contributed by atoms with van der Waals surface area (Å²) in [4.78, 5) is 9.08. The zero-order valence-electron chi connectivity index (χ0n) is 14.1.